The lowest BCUT2D eigenvalue weighted by atomic mass is 10.1. The lowest BCUT2D eigenvalue weighted by Gasteiger charge is -2.42. The highest BCUT2D eigenvalue weighted by Gasteiger charge is 2.36. The van der Waals surface area contributed by atoms with Crippen LogP contribution in [0, 0.1) is 0 Å². The van der Waals surface area contributed by atoms with E-state index in [0.717, 1.165) is 6.04 Å². The van der Waals surface area contributed by atoms with E-state index in [4.69, 9.17) is 0 Å². The van der Waals surface area contributed by atoms with Crippen LogP contribution in [0.4, 0.5) is 0 Å². The van der Waals surface area contributed by atoms with Gasteiger partial charge < -0.3 is 5.32 Å². The Labute approximate surface area is 129 Å². The van der Waals surface area contributed by atoms with Gasteiger partial charge in [0, 0.05) is 44.3 Å². The number of benzene rings is 1. The molecule has 1 fully saturated rings. The number of piperazine rings is 1. The fourth-order valence-electron chi connectivity index (χ4n) is 4.03. The van der Waals surface area contributed by atoms with Gasteiger partial charge in [-0.3, -0.25) is 9.80 Å². The summed E-state index contributed by atoms with van der Waals surface area (Å²) in [5, 5.41) is 3.56. The van der Waals surface area contributed by atoms with Crippen LogP contribution in [0.25, 0.3) is 0 Å². The van der Waals surface area contributed by atoms with E-state index in [1.807, 2.05) is 0 Å². The van der Waals surface area contributed by atoms with Gasteiger partial charge in [0.05, 0.1) is 0 Å². The highest BCUT2D eigenvalue weighted by molar-refractivity contribution is 5.37. The van der Waals surface area contributed by atoms with Crippen molar-refractivity contribution in [2.45, 2.75) is 44.8 Å². The van der Waals surface area contributed by atoms with Gasteiger partial charge in [0.15, 0.2) is 0 Å². The molecule has 1 aromatic carbocycles. The number of fused-ring (bicyclic) bond motifs is 1. The maximum atomic E-state index is 3.56. The van der Waals surface area contributed by atoms with Gasteiger partial charge in [0.1, 0.15) is 0 Å². The van der Waals surface area contributed by atoms with Gasteiger partial charge in [0.2, 0.25) is 0 Å². The third kappa shape index (κ3) is 2.87. The number of nitrogens with one attached hydrogen (secondary N) is 1. The molecule has 0 aromatic heterocycles. The second-order valence-electron chi connectivity index (χ2n) is 6.57. The third-order valence-corrected chi connectivity index (χ3v) is 5.55. The smallest absolute Gasteiger partial charge is 0.0481 e. The summed E-state index contributed by atoms with van der Waals surface area (Å²) in [4.78, 5) is 5.35. The molecule has 1 saturated heterocycles. The normalized spacial score (nSPS) is 28.5. The Morgan fingerprint density at radius 3 is 2.57 bits per heavy atom. The van der Waals surface area contributed by atoms with Gasteiger partial charge in [-0.2, -0.15) is 0 Å². The van der Waals surface area contributed by atoms with Crippen molar-refractivity contribution in [1.82, 2.24) is 15.1 Å². The van der Waals surface area contributed by atoms with E-state index in [9.17, 15) is 0 Å². The van der Waals surface area contributed by atoms with E-state index < -0.39 is 0 Å². The topological polar surface area (TPSA) is 18.5 Å². The summed E-state index contributed by atoms with van der Waals surface area (Å²) in [5.41, 5.74) is 3.04. The molecule has 0 radical (unpaired) electrons. The van der Waals surface area contributed by atoms with Crippen molar-refractivity contribution in [3.05, 3.63) is 35.4 Å². The van der Waals surface area contributed by atoms with Gasteiger partial charge in [-0.1, -0.05) is 31.2 Å². The first-order chi connectivity index (χ1) is 10.2. The van der Waals surface area contributed by atoms with Crippen LogP contribution >= 0.6 is 0 Å². The Morgan fingerprint density at radius 2 is 1.90 bits per heavy atom. The van der Waals surface area contributed by atoms with Gasteiger partial charge in [-0.25, -0.2) is 0 Å². The Morgan fingerprint density at radius 1 is 1.19 bits per heavy atom. The van der Waals surface area contributed by atoms with E-state index in [1.165, 1.54) is 50.1 Å². The average Bonchev–Trinajstić information content (AvgIpc) is 2.92. The molecule has 116 valence electrons. The summed E-state index contributed by atoms with van der Waals surface area (Å²) >= 11 is 0. The van der Waals surface area contributed by atoms with Gasteiger partial charge in [-0.15, -0.1) is 0 Å². The zero-order valence-electron chi connectivity index (χ0n) is 13.7. The maximum Gasteiger partial charge on any atom is 0.0481 e. The molecule has 3 unspecified atom stereocenters. The molecule has 0 saturated carbocycles. The quantitative estimate of drug-likeness (QED) is 0.916. The van der Waals surface area contributed by atoms with Gasteiger partial charge in [0.25, 0.3) is 0 Å². The van der Waals surface area contributed by atoms with Crippen LogP contribution in [-0.2, 0) is 6.42 Å². The molecule has 3 heteroatoms. The molecule has 3 atom stereocenters. The van der Waals surface area contributed by atoms with Crippen LogP contribution in [-0.4, -0.2) is 55.1 Å². The van der Waals surface area contributed by atoms with Crippen LogP contribution in [0.5, 0.6) is 0 Å². The fourth-order valence-corrected chi connectivity index (χ4v) is 4.03. The van der Waals surface area contributed by atoms with Crippen molar-refractivity contribution in [3.63, 3.8) is 0 Å². The molecule has 21 heavy (non-hydrogen) atoms. The lowest BCUT2D eigenvalue weighted by Crippen LogP contribution is -2.54. The summed E-state index contributed by atoms with van der Waals surface area (Å²) < 4.78 is 0. The number of hydrogen-bond acceptors (Lipinski definition) is 3. The van der Waals surface area contributed by atoms with E-state index in [0.29, 0.717) is 12.1 Å². The molecule has 1 heterocycles. The molecule has 0 spiro atoms. The lowest BCUT2D eigenvalue weighted by molar-refractivity contribution is 0.0640. The molecule has 3 nitrogen and oxygen atoms in total. The van der Waals surface area contributed by atoms with Crippen LogP contribution in [0.1, 0.15) is 37.4 Å². The number of nitrogens with zero attached hydrogens (tertiary/aromatic N) is 2. The average molecular weight is 287 g/mol. The predicted octanol–water partition coefficient (Wildman–Crippen LogP) is 2.29. The molecule has 1 N–H and O–H groups in total. The molecule has 3 rings (SSSR count). The van der Waals surface area contributed by atoms with Crippen molar-refractivity contribution in [2.24, 2.45) is 0 Å². The van der Waals surface area contributed by atoms with E-state index in [1.54, 1.807) is 0 Å². The highest BCUT2D eigenvalue weighted by atomic mass is 15.3. The van der Waals surface area contributed by atoms with Gasteiger partial charge >= 0.3 is 0 Å². The second-order valence-corrected chi connectivity index (χ2v) is 6.57. The molecular formula is C18H29N3. The number of hydrogen-bond donors (Lipinski definition) is 1. The Kier molecular flexibility index (Phi) is 4.63. The largest absolute Gasteiger partial charge is 0.312 e. The maximum absolute atomic E-state index is 3.56. The van der Waals surface area contributed by atoms with Gasteiger partial charge in [-0.05, 0) is 37.9 Å². The minimum absolute atomic E-state index is 0.497. The molecular weight excluding hydrogens is 258 g/mol. The third-order valence-electron chi connectivity index (χ3n) is 5.55. The summed E-state index contributed by atoms with van der Waals surface area (Å²) in [5.74, 6) is 0. The second kappa shape index (κ2) is 6.47. The molecule has 2 aliphatic rings. The SMILES string of the molecule is CCC(C)N1CCN(C2Cc3ccccc3C2NC)CC1. The van der Waals surface area contributed by atoms with Crippen LogP contribution in [0.15, 0.2) is 24.3 Å². The highest BCUT2D eigenvalue weighted by Crippen LogP contribution is 2.34. The Balaban J connectivity index is 1.67. The predicted molar refractivity (Wildman–Crippen MR) is 88.6 cm³/mol. The monoisotopic (exact) mass is 287 g/mol. The first-order valence-electron chi connectivity index (χ1n) is 8.47. The van der Waals surface area contributed by atoms with Crippen molar-refractivity contribution in [3.8, 4) is 0 Å². The van der Waals surface area contributed by atoms with Crippen molar-refractivity contribution in [2.75, 3.05) is 33.2 Å². The first kappa shape index (κ1) is 15.0. The van der Waals surface area contributed by atoms with Crippen LogP contribution in [0.3, 0.4) is 0 Å². The first-order valence-corrected chi connectivity index (χ1v) is 8.47. The zero-order valence-corrected chi connectivity index (χ0v) is 13.7. The minimum atomic E-state index is 0.497. The van der Waals surface area contributed by atoms with Crippen molar-refractivity contribution < 1.29 is 0 Å². The molecule has 0 amide bonds. The molecule has 1 aliphatic carbocycles. The zero-order chi connectivity index (χ0) is 14.8. The molecule has 1 aliphatic heterocycles. The summed E-state index contributed by atoms with van der Waals surface area (Å²) in [6.07, 6.45) is 2.46. The standard InChI is InChI=1S/C18H29N3/c1-4-14(2)20-9-11-21(12-10-20)17-13-15-7-5-6-8-16(15)18(17)19-3/h5-8,14,17-19H,4,9-13H2,1-3H3. The fraction of sp³-hybridized carbons (Fsp3) is 0.667. The van der Waals surface area contributed by atoms with E-state index in [-0.39, 0.29) is 0 Å². The van der Waals surface area contributed by atoms with Crippen LogP contribution in [0.2, 0.25) is 0 Å². The molecule has 1 aromatic rings. The summed E-state index contributed by atoms with van der Waals surface area (Å²) in [6.45, 7) is 9.51. The number of rotatable bonds is 4. The van der Waals surface area contributed by atoms with E-state index in [2.05, 4.69) is 60.3 Å². The molecule has 0 bridgehead atoms. The van der Waals surface area contributed by atoms with E-state index >= 15 is 0 Å². The summed E-state index contributed by atoms with van der Waals surface area (Å²) in [6, 6.07) is 10.8. The van der Waals surface area contributed by atoms with Crippen molar-refractivity contribution in [1.29, 1.82) is 0 Å². The van der Waals surface area contributed by atoms with Crippen molar-refractivity contribution >= 4 is 0 Å². The Bertz CT molecular complexity index is 465. The number of likely N-dealkylation sites (N-methyl/N-ethyl adjacent to an activating group) is 1. The summed E-state index contributed by atoms with van der Waals surface area (Å²) in [7, 11) is 2.11. The van der Waals surface area contributed by atoms with Crippen LogP contribution < -0.4 is 5.32 Å². The Hall–Kier alpha value is -0.900. The minimum Gasteiger partial charge on any atom is -0.312 e.